The molecular formula is C21H23N3O6. The van der Waals surface area contributed by atoms with Gasteiger partial charge in [0.25, 0.3) is 0 Å². The summed E-state index contributed by atoms with van der Waals surface area (Å²) in [6.07, 6.45) is 0.593. The van der Waals surface area contributed by atoms with Gasteiger partial charge in [-0.05, 0) is 48.4 Å². The Bertz CT molecular complexity index is 1060. The van der Waals surface area contributed by atoms with Crippen LogP contribution >= 0.6 is 0 Å². The highest BCUT2D eigenvalue weighted by atomic mass is 16.5. The Labute approximate surface area is 173 Å². The van der Waals surface area contributed by atoms with Gasteiger partial charge in [0, 0.05) is 12.1 Å². The van der Waals surface area contributed by atoms with Gasteiger partial charge in [0.1, 0.15) is 12.3 Å². The van der Waals surface area contributed by atoms with Crippen molar-refractivity contribution < 1.29 is 23.5 Å². The van der Waals surface area contributed by atoms with Gasteiger partial charge in [-0.25, -0.2) is 9.36 Å². The van der Waals surface area contributed by atoms with Crippen LogP contribution in [0.2, 0.25) is 0 Å². The molecule has 1 heterocycles. The van der Waals surface area contributed by atoms with E-state index in [4.69, 9.17) is 18.7 Å². The minimum atomic E-state index is -0.698. The third-order valence-corrected chi connectivity index (χ3v) is 4.52. The Morgan fingerprint density at radius 1 is 1.03 bits per heavy atom. The molecule has 1 aromatic heterocycles. The molecule has 0 aliphatic carbocycles. The molecular weight excluding hydrogens is 390 g/mol. The quantitative estimate of drug-likeness (QED) is 0.571. The van der Waals surface area contributed by atoms with Crippen molar-refractivity contribution in [3.63, 3.8) is 0 Å². The lowest BCUT2D eigenvalue weighted by Gasteiger charge is -2.10. The van der Waals surface area contributed by atoms with Crippen molar-refractivity contribution in [1.29, 1.82) is 0 Å². The molecule has 2 aromatic carbocycles. The van der Waals surface area contributed by atoms with Gasteiger partial charge >= 0.3 is 5.76 Å². The molecule has 0 fully saturated rings. The Kier molecular flexibility index (Phi) is 6.74. The van der Waals surface area contributed by atoms with Gasteiger partial charge in [0.05, 0.1) is 21.3 Å². The first-order valence-corrected chi connectivity index (χ1v) is 9.24. The summed E-state index contributed by atoms with van der Waals surface area (Å²) in [6, 6.07) is 12.5. The zero-order chi connectivity index (χ0) is 21.5. The van der Waals surface area contributed by atoms with Gasteiger partial charge in [-0.3, -0.25) is 9.32 Å². The standard InChI is InChI=1S/C21H23N3O6/c1-27-16-7-5-15(6-8-16)20-23-30-21(26)24(20)13-19(25)22-11-10-14-4-9-17(28-2)18(12-14)29-3/h4-9,12H,10-11,13H2,1-3H3,(H,22,25). The summed E-state index contributed by atoms with van der Waals surface area (Å²) in [5.41, 5.74) is 1.62. The van der Waals surface area contributed by atoms with Gasteiger partial charge in [0.15, 0.2) is 17.3 Å². The molecule has 0 unspecified atom stereocenters. The molecule has 0 atom stereocenters. The van der Waals surface area contributed by atoms with Crippen molar-refractivity contribution >= 4 is 5.91 Å². The first kappa shape index (κ1) is 21.0. The molecule has 0 aliphatic heterocycles. The predicted octanol–water partition coefficient (Wildman–Crippen LogP) is 1.89. The lowest BCUT2D eigenvalue weighted by atomic mass is 10.1. The minimum absolute atomic E-state index is 0.199. The van der Waals surface area contributed by atoms with Crippen molar-refractivity contribution in [3.05, 3.63) is 58.6 Å². The number of amides is 1. The molecule has 0 aliphatic rings. The van der Waals surface area contributed by atoms with Crippen LogP contribution in [-0.2, 0) is 17.8 Å². The van der Waals surface area contributed by atoms with E-state index in [1.807, 2.05) is 18.2 Å². The molecule has 0 saturated heterocycles. The fourth-order valence-corrected chi connectivity index (χ4v) is 2.94. The van der Waals surface area contributed by atoms with Crippen molar-refractivity contribution in [2.24, 2.45) is 0 Å². The van der Waals surface area contributed by atoms with E-state index in [9.17, 15) is 9.59 Å². The third-order valence-electron chi connectivity index (χ3n) is 4.52. The van der Waals surface area contributed by atoms with Crippen LogP contribution in [0.15, 0.2) is 51.8 Å². The molecule has 9 heteroatoms. The topological polar surface area (TPSA) is 105 Å². The number of aromatic nitrogens is 2. The van der Waals surface area contributed by atoms with E-state index in [0.29, 0.717) is 35.8 Å². The van der Waals surface area contributed by atoms with E-state index in [-0.39, 0.29) is 18.3 Å². The molecule has 3 rings (SSSR count). The van der Waals surface area contributed by atoms with Gasteiger partial charge in [-0.1, -0.05) is 11.2 Å². The molecule has 0 radical (unpaired) electrons. The summed E-state index contributed by atoms with van der Waals surface area (Å²) in [4.78, 5) is 24.4. The Hall–Kier alpha value is -3.75. The number of nitrogens with zero attached hydrogens (tertiary/aromatic N) is 2. The van der Waals surface area contributed by atoms with Crippen LogP contribution < -0.4 is 25.3 Å². The van der Waals surface area contributed by atoms with Crippen LogP contribution in [0.4, 0.5) is 0 Å². The summed E-state index contributed by atoms with van der Waals surface area (Å²) in [5.74, 6) is 1.19. The minimum Gasteiger partial charge on any atom is -0.497 e. The first-order valence-electron chi connectivity index (χ1n) is 9.24. The fourth-order valence-electron chi connectivity index (χ4n) is 2.94. The predicted molar refractivity (Wildman–Crippen MR) is 109 cm³/mol. The highest BCUT2D eigenvalue weighted by molar-refractivity contribution is 5.76. The molecule has 30 heavy (non-hydrogen) atoms. The summed E-state index contributed by atoms with van der Waals surface area (Å²) in [7, 11) is 4.71. The summed E-state index contributed by atoms with van der Waals surface area (Å²) in [5, 5.41) is 6.59. The molecule has 0 saturated carbocycles. The van der Waals surface area contributed by atoms with Crippen LogP contribution in [-0.4, -0.2) is 43.5 Å². The SMILES string of the molecule is COc1ccc(-c2noc(=O)n2CC(=O)NCCc2ccc(OC)c(OC)c2)cc1. The second-order valence-corrected chi connectivity index (χ2v) is 6.38. The number of hydrogen-bond acceptors (Lipinski definition) is 7. The molecule has 1 N–H and O–H groups in total. The highest BCUT2D eigenvalue weighted by Crippen LogP contribution is 2.27. The maximum atomic E-state index is 12.4. The van der Waals surface area contributed by atoms with E-state index >= 15 is 0 Å². The zero-order valence-corrected chi connectivity index (χ0v) is 17.0. The number of ether oxygens (including phenoxy) is 3. The van der Waals surface area contributed by atoms with E-state index in [1.54, 1.807) is 45.6 Å². The first-order chi connectivity index (χ1) is 14.5. The molecule has 158 valence electrons. The lowest BCUT2D eigenvalue weighted by Crippen LogP contribution is -2.32. The van der Waals surface area contributed by atoms with Gasteiger partial charge in [-0.15, -0.1) is 0 Å². The van der Waals surface area contributed by atoms with Crippen LogP contribution in [0.5, 0.6) is 17.2 Å². The second-order valence-electron chi connectivity index (χ2n) is 6.38. The maximum Gasteiger partial charge on any atom is 0.442 e. The summed E-state index contributed by atoms with van der Waals surface area (Å²) >= 11 is 0. The van der Waals surface area contributed by atoms with Gasteiger partial charge in [-0.2, -0.15) is 0 Å². The Morgan fingerprint density at radius 2 is 1.77 bits per heavy atom. The molecule has 0 spiro atoms. The summed E-state index contributed by atoms with van der Waals surface area (Å²) < 4.78 is 21.6. The average Bonchev–Trinajstić information content (AvgIpc) is 3.13. The van der Waals surface area contributed by atoms with E-state index < -0.39 is 5.76 Å². The smallest absolute Gasteiger partial charge is 0.442 e. The van der Waals surface area contributed by atoms with Crippen molar-refractivity contribution in [3.8, 4) is 28.6 Å². The number of nitrogens with one attached hydrogen (secondary N) is 1. The maximum absolute atomic E-state index is 12.4. The average molecular weight is 413 g/mol. The third kappa shape index (κ3) is 4.80. The zero-order valence-electron chi connectivity index (χ0n) is 17.0. The second kappa shape index (κ2) is 9.64. The number of hydrogen-bond donors (Lipinski definition) is 1. The Morgan fingerprint density at radius 3 is 2.43 bits per heavy atom. The van der Waals surface area contributed by atoms with Crippen molar-refractivity contribution in [1.82, 2.24) is 15.0 Å². The van der Waals surface area contributed by atoms with Crippen molar-refractivity contribution in [2.45, 2.75) is 13.0 Å². The highest BCUT2D eigenvalue weighted by Gasteiger charge is 2.16. The van der Waals surface area contributed by atoms with Crippen LogP contribution in [0, 0.1) is 0 Å². The molecule has 0 bridgehead atoms. The van der Waals surface area contributed by atoms with E-state index in [0.717, 1.165) is 5.56 Å². The largest absolute Gasteiger partial charge is 0.497 e. The van der Waals surface area contributed by atoms with E-state index in [1.165, 1.54) is 4.57 Å². The molecule has 1 amide bonds. The fraction of sp³-hybridized carbons (Fsp3) is 0.286. The monoisotopic (exact) mass is 413 g/mol. The van der Waals surface area contributed by atoms with Crippen LogP contribution in [0.3, 0.4) is 0 Å². The summed E-state index contributed by atoms with van der Waals surface area (Å²) in [6.45, 7) is 0.196. The molecule has 3 aromatic rings. The van der Waals surface area contributed by atoms with Crippen LogP contribution in [0.1, 0.15) is 5.56 Å². The van der Waals surface area contributed by atoms with E-state index in [2.05, 4.69) is 10.5 Å². The molecule has 9 nitrogen and oxygen atoms in total. The Balaban J connectivity index is 1.61. The van der Waals surface area contributed by atoms with Crippen molar-refractivity contribution in [2.75, 3.05) is 27.9 Å². The van der Waals surface area contributed by atoms with Gasteiger partial charge < -0.3 is 19.5 Å². The normalized spacial score (nSPS) is 10.5. The number of methoxy groups -OCH3 is 3. The number of carbonyl (C=O) groups is 1. The lowest BCUT2D eigenvalue weighted by molar-refractivity contribution is -0.121. The number of carbonyl (C=O) groups excluding carboxylic acids is 1. The van der Waals surface area contributed by atoms with Gasteiger partial charge in [0.2, 0.25) is 5.91 Å². The van der Waals surface area contributed by atoms with Crippen LogP contribution in [0.25, 0.3) is 11.4 Å². The number of rotatable bonds is 9. The number of benzene rings is 2.